The minimum absolute atomic E-state index is 0.0463. The van der Waals surface area contributed by atoms with E-state index < -0.39 is 5.60 Å². The summed E-state index contributed by atoms with van der Waals surface area (Å²) in [5.41, 5.74) is -0.414. The number of ether oxygens (including phenoxy) is 2. The molecule has 2 rings (SSSR count). The van der Waals surface area contributed by atoms with E-state index in [0.717, 1.165) is 0 Å². The maximum Gasteiger partial charge on any atom is 0.410 e. The highest BCUT2D eigenvalue weighted by atomic mass is 16.6. The molecule has 2 fully saturated rings. The van der Waals surface area contributed by atoms with E-state index in [9.17, 15) is 14.9 Å². The molecule has 0 aromatic carbocycles. The van der Waals surface area contributed by atoms with E-state index in [1.165, 1.54) is 0 Å². The number of amides is 2. The van der Waals surface area contributed by atoms with Crippen LogP contribution in [0.5, 0.6) is 0 Å². The zero-order valence-electron chi connectivity index (χ0n) is 16.9. The molecule has 0 aromatic rings. The molecular formula is C19H30N4O4. The van der Waals surface area contributed by atoms with Crippen molar-refractivity contribution in [3.05, 3.63) is 11.8 Å². The van der Waals surface area contributed by atoms with E-state index in [1.54, 1.807) is 16.0 Å². The first-order valence-electron chi connectivity index (χ1n) is 9.37. The largest absolute Gasteiger partial charge is 0.444 e. The number of hydrogen-bond donors (Lipinski definition) is 0. The van der Waals surface area contributed by atoms with Crippen LogP contribution in [0.25, 0.3) is 0 Å². The fraction of sp³-hybridized carbons (Fsp3) is 0.737. The van der Waals surface area contributed by atoms with Crippen LogP contribution in [0, 0.1) is 11.3 Å². The van der Waals surface area contributed by atoms with Crippen LogP contribution in [0.15, 0.2) is 11.8 Å². The highest BCUT2D eigenvalue weighted by Crippen LogP contribution is 2.15. The summed E-state index contributed by atoms with van der Waals surface area (Å²) in [5, 5.41) is 9.45. The van der Waals surface area contributed by atoms with Crippen molar-refractivity contribution in [2.24, 2.45) is 0 Å². The molecule has 2 atom stereocenters. The fourth-order valence-corrected chi connectivity index (χ4v) is 3.19. The molecule has 0 aliphatic carbocycles. The summed E-state index contributed by atoms with van der Waals surface area (Å²) < 4.78 is 11.0. The number of carbonyl (C=O) groups excluding carboxylic acids is 2. The van der Waals surface area contributed by atoms with Crippen molar-refractivity contribution in [3.63, 3.8) is 0 Å². The van der Waals surface area contributed by atoms with E-state index in [2.05, 4.69) is 0 Å². The van der Waals surface area contributed by atoms with Gasteiger partial charge in [0.1, 0.15) is 17.2 Å². The Labute approximate surface area is 161 Å². The number of rotatable bonds is 2. The Balaban J connectivity index is 1.94. The van der Waals surface area contributed by atoms with Gasteiger partial charge in [-0.3, -0.25) is 4.79 Å². The number of carbonyl (C=O) groups is 2. The summed E-state index contributed by atoms with van der Waals surface area (Å²) in [5.74, 6) is -0.269. The van der Waals surface area contributed by atoms with Gasteiger partial charge in [-0.05, 0) is 34.6 Å². The van der Waals surface area contributed by atoms with Gasteiger partial charge < -0.3 is 24.2 Å². The van der Waals surface area contributed by atoms with E-state index in [0.29, 0.717) is 39.3 Å². The SMILES string of the molecule is CC1CN(C(=O)/C(C#N)=C\N2CCN(C(=O)OC(C)(C)C)CC2)CC(C)O1. The van der Waals surface area contributed by atoms with Gasteiger partial charge in [0.2, 0.25) is 0 Å². The maximum atomic E-state index is 12.7. The Kier molecular flexibility index (Phi) is 6.71. The summed E-state index contributed by atoms with van der Waals surface area (Å²) in [6.07, 6.45) is 1.18. The summed E-state index contributed by atoms with van der Waals surface area (Å²) in [4.78, 5) is 30.0. The van der Waals surface area contributed by atoms with Crippen LogP contribution in [0.2, 0.25) is 0 Å². The molecule has 0 radical (unpaired) electrons. The topological polar surface area (TPSA) is 86.1 Å². The van der Waals surface area contributed by atoms with E-state index >= 15 is 0 Å². The summed E-state index contributed by atoms with van der Waals surface area (Å²) >= 11 is 0. The Morgan fingerprint density at radius 3 is 2.11 bits per heavy atom. The van der Waals surface area contributed by atoms with Gasteiger partial charge in [0.25, 0.3) is 5.91 Å². The molecule has 2 amide bonds. The molecule has 0 aromatic heterocycles. The maximum absolute atomic E-state index is 12.7. The standard InChI is InChI=1S/C19H30N4O4/c1-14-11-23(12-15(2)26-14)17(24)16(10-20)13-21-6-8-22(9-7-21)18(25)27-19(3,4)5/h13-15H,6-9,11-12H2,1-5H3/b16-13-. The zero-order valence-corrected chi connectivity index (χ0v) is 16.9. The lowest BCUT2D eigenvalue weighted by atomic mass is 10.2. The highest BCUT2D eigenvalue weighted by molar-refractivity contribution is 5.97. The molecule has 150 valence electrons. The van der Waals surface area contributed by atoms with Crippen molar-refractivity contribution in [1.29, 1.82) is 5.26 Å². The zero-order chi connectivity index (χ0) is 20.2. The van der Waals surface area contributed by atoms with Crippen LogP contribution >= 0.6 is 0 Å². The molecule has 0 bridgehead atoms. The summed E-state index contributed by atoms with van der Waals surface area (Å²) in [6.45, 7) is 12.4. The fourth-order valence-electron chi connectivity index (χ4n) is 3.19. The molecule has 2 aliphatic rings. The monoisotopic (exact) mass is 378 g/mol. The van der Waals surface area contributed by atoms with Gasteiger partial charge in [-0.25, -0.2) is 4.79 Å². The smallest absolute Gasteiger partial charge is 0.410 e. The lowest BCUT2D eigenvalue weighted by Crippen LogP contribution is -2.50. The van der Waals surface area contributed by atoms with Crippen molar-refractivity contribution < 1.29 is 19.1 Å². The van der Waals surface area contributed by atoms with Crippen molar-refractivity contribution in [2.45, 2.75) is 52.4 Å². The molecule has 0 saturated carbocycles. The number of nitriles is 1. The average Bonchev–Trinajstić information content (AvgIpc) is 2.57. The molecule has 2 heterocycles. The number of morpholine rings is 1. The number of piperazine rings is 1. The van der Waals surface area contributed by atoms with Gasteiger partial charge in [-0.1, -0.05) is 0 Å². The van der Waals surface area contributed by atoms with E-state index in [1.807, 2.05) is 45.6 Å². The minimum atomic E-state index is -0.527. The Morgan fingerprint density at radius 1 is 1.07 bits per heavy atom. The molecule has 0 N–H and O–H groups in total. The molecular weight excluding hydrogens is 348 g/mol. The third-order valence-electron chi connectivity index (χ3n) is 4.34. The van der Waals surface area contributed by atoms with Gasteiger partial charge in [0.15, 0.2) is 0 Å². The van der Waals surface area contributed by atoms with Crippen molar-refractivity contribution in [3.8, 4) is 6.07 Å². The normalized spacial score (nSPS) is 24.4. The van der Waals surface area contributed by atoms with Crippen molar-refractivity contribution in [1.82, 2.24) is 14.7 Å². The molecule has 0 spiro atoms. The van der Waals surface area contributed by atoms with Crippen molar-refractivity contribution >= 4 is 12.0 Å². The first-order chi connectivity index (χ1) is 12.6. The minimum Gasteiger partial charge on any atom is -0.444 e. The van der Waals surface area contributed by atoms with Crippen LogP contribution in [-0.2, 0) is 14.3 Å². The van der Waals surface area contributed by atoms with Gasteiger partial charge in [0.05, 0.1) is 12.2 Å². The second kappa shape index (κ2) is 8.61. The third-order valence-corrected chi connectivity index (χ3v) is 4.34. The van der Waals surface area contributed by atoms with Crippen LogP contribution in [0.3, 0.4) is 0 Å². The first kappa shape index (κ1) is 21.0. The van der Waals surface area contributed by atoms with Crippen LogP contribution in [-0.4, -0.2) is 83.8 Å². The number of nitrogens with zero attached hydrogens (tertiary/aromatic N) is 4. The first-order valence-corrected chi connectivity index (χ1v) is 9.37. The molecule has 8 heteroatoms. The highest BCUT2D eigenvalue weighted by Gasteiger charge is 2.29. The second-order valence-corrected chi connectivity index (χ2v) is 8.13. The molecule has 8 nitrogen and oxygen atoms in total. The lowest BCUT2D eigenvalue weighted by molar-refractivity contribution is -0.138. The third kappa shape index (κ3) is 6.14. The summed E-state index contributed by atoms with van der Waals surface area (Å²) in [7, 11) is 0. The molecule has 2 aliphatic heterocycles. The Bertz CT molecular complexity index is 617. The average molecular weight is 378 g/mol. The van der Waals surface area contributed by atoms with Crippen molar-refractivity contribution in [2.75, 3.05) is 39.3 Å². The lowest BCUT2D eigenvalue weighted by Gasteiger charge is -2.36. The predicted molar refractivity (Wildman–Crippen MR) is 99.7 cm³/mol. The second-order valence-electron chi connectivity index (χ2n) is 8.13. The van der Waals surface area contributed by atoms with Gasteiger partial charge in [0, 0.05) is 45.5 Å². The quantitative estimate of drug-likeness (QED) is 0.536. The van der Waals surface area contributed by atoms with Crippen LogP contribution in [0.1, 0.15) is 34.6 Å². The molecule has 27 heavy (non-hydrogen) atoms. The van der Waals surface area contributed by atoms with E-state index in [-0.39, 0.29) is 29.8 Å². The summed E-state index contributed by atoms with van der Waals surface area (Å²) in [6, 6.07) is 2.02. The Hall–Kier alpha value is -2.27. The van der Waals surface area contributed by atoms with E-state index in [4.69, 9.17) is 9.47 Å². The van der Waals surface area contributed by atoms with Gasteiger partial charge >= 0.3 is 6.09 Å². The van der Waals surface area contributed by atoms with Gasteiger partial charge in [-0.15, -0.1) is 0 Å². The van der Waals surface area contributed by atoms with Crippen LogP contribution < -0.4 is 0 Å². The molecule has 2 saturated heterocycles. The number of hydrogen-bond acceptors (Lipinski definition) is 6. The molecule has 2 unspecified atom stereocenters. The predicted octanol–water partition coefficient (Wildman–Crippen LogP) is 1.58. The Morgan fingerprint density at radius 2 is 1.63 bits per heavy atom. The van der Waals surface area contributed by atoms with Gasteiger partial charge in [-0.2, -0.15) is 5.26 Å². The van der Waals surface area contributed by atoms with Crippen LogP contribution in [0.4, 0.5) is 4.79 Å².